The summed E-state index contributed by atoms with van der Waals surface area (Å²) in [6.07, 6.45) is 1.96. The first-order valence-corrected chi connectivity index (χ1v) is 7.90. The van der Waals surface area contributed by atoms with Gasteiger partial charge in [0.1, 0.15) is 12.4 Å². The van der Waals surface area contributed by atoms with Gasteiger partial charge in [0.05, 0.1) is 4.92 Å². The summed E-state index contributed by atoms with van der Waals surface area (Å²) in [5, 5.41) is 10.3. The van der Waals surface area contributed by atoms with Crippen LogP contribution in [0.5, 0.6) is 0 Å². The smallest absolute Gasteiger partial charge is 0.363 e. The molecule has 1 aromatic heterocycles. The van der Waals surface area contributed by atoms with Crippen molar-refractivity contribution < 1.29 is 14.1 Å². The fourth-order valence-electron chi connectivity index (χ4n) is 0.845. The number of hydrogen-bond acceptors (Lipinski definition) is 6. The van der Waals surface area contributed by atoms with E-state index < -0.39 is 19.2 Å². The lowest BCUT2D eigenvalue weighted by Crippen LogP contribution is -2.30. The highest BCUT2D eigenvalue weighted by Gasteiger charge is 2.23. The lowest BCUT2D eigenvalue weighted by molar-refractivity contribution is -0.385. The first-order chi connectivity index (χ1) is 7.29. The van der Waals surface area contributed by atoms with Gasteiger partial charge in [-0.25, -0.2) is 14.8 Å². The minimum Gasteiger partial charge on any atom is -0.514 e. The molecule has 0 aromatic carbocycles. The van der Waals surface area contributed by atoms with Gasteiger partial charge in [-0.2, -0.15) is 0 Å². The first-order valence-electron chi connectivity index (χ1n) is 4.49. The van der Waals surface area contributed by atoms with E-state index in [1.165, 1.54) is 0 Å². The summed E-state index contributed by atoms with van der Waals surface area (Å²) >= 11 is 0. The number of nitro groups is 1. The van der Waals surface area contributed by atoms with Gasteiger partial charge in [0.25, 0.3) is 0 Å². The minimum atomic E-state index is -2.00. The zero-order valence-electron chi connectivity index (χ0n) is 9.13. The molecule has 1 aromatic rings. The Bertz CT molecular complexity index is 412. The second-order valence-electron chi connectivity index (χ2n) is 4.02. The van der Waals surface area contributed by atoms with Crippen LogP contribution in [-0.2, 0) is 4.43 Å². The summed E-state index contributed by atoms with van der Waals surface area (Å²) in [5.41, 5.74) is -0.260. The topological polar surface area (TPSA) is 95.2 Å². The number of aromatic nitrogens is 2. The normalized spacial score (nSPS) is 10.9. The Morgan fingerprint density at radius 1 is 1.38 bits per heavy atom. The van der Waals surface area contributed by atoms with E-state index in [-0.39, 0.29) is 11.5 Å². The third kappa shape index (κ3) is 3.39. The van der Waals surface area contributed by atoms with Crippen LogP contribution in [0.1, 0.15) is 10.6 Å². The van der Waals surface area contributed by atoms with Gasteiger partial charge < -0.3 is 4.43 Å². The van der Waals surface area contributed by atoms with Gasteiger partial charge >= 0.3 is 11.7 Å². The molecule has 86 valence electrons. The van der Waals surface area contributed by atoms with Crippen molar-refractivity contribution in [1.82, 2.24) is 9.97 Å². The van der Waals surface area contributed by atoms with Crippen molar-refractivity contribution in [1.29, 1.82) is 0 Å². The van der Waals surface area contributed by atoms with Crippen LogP contribution in [-0.4, -0.2) is 29.2 Å². The van der Waals surface area contributed by atoms with E-state index in [0.29, 0.717) is 0 Å². The molecule has 0 fully saturated rings. The second-order valence-corrected chi connectivity index (χ2v) is 8.45. The molecule has 7 nitrogen and oxygen atoms in total. The third-order valence-electron chi connectivity index (χ3n) is 1.43. The molecule has 0 saturated heterocycles. The van der Waals surface area contributed by atoms with Gasteiger partial charge in [-0.05, 0) is 19.6 Å². The Kier molecular flexibility index (Phi) is 3.33. The molecule has 0 bridgehead atoms. The summed E-state index contributed by atoms with van der Waals surface area (Å²) < 4.78 is 5.13. The minimum absolute atomic E-state index is 0.159. The van der Waals surface area contributed by atoms with Crippen molar-refractivity contribution in [3.8, 4) is 0 Å². The Hall–Kier alpha value is -1.83. The molecule has 0 atom stereocenters. The lowest BCUT2D eigenvalue weighted by atomic mass is 10.5. The van der Waals surface area contributed by atoms with Crippen LogP contribution < -0.4 is 0 Å². The monoisotopic (exact) mass is 241 g/mol. The standard InChI is InChI=1S/C8H11N3O4Si/c1-16(2,3)15-8(12)7-9-4-6(5-10-7)11(13)14/h4-5H,1-3H3. The van der Waals surface area contributed by atoms with Crippen molar-refractivity contribution in [3.05, 3.63) is 28.3 Å². The van der Waals surface area contributed by atoms with Crippen molar-refractivity contribution in [2.24, 2.45) is 0 Å². The number of carbonyl (C=O) groups is 1. The van der Waals surface area contributed by atoms with Crippen molar-refractivity contribution in [3.63, 3.8) is 0 Å². The molecule has 0 radical (unpaired) electrons. The molecule has 0 amide bonds. The molecule has 0 spiro atoms. The number of nitrogens with zero attached hydrogens (tertiary/aromatic N) is 3. The van der Waals surface area contributed by atoms with Crippen LogP contribution in [0.15, 0.2) is 12.4 Å². The average molecular weight is 241 g/mol. The third-order valence-corrected chi connectivity index (χ3v) is 2.23. The van der Waals surface area contributed by atoms with Crippen LogP contribution >= 0.6 is 0 Å². The van der Waals surface area contributed by atoms with Crippen LogP contribution in [0.4, 0.5) is 5.69 Å². The molecule has 0 N–H and O–H groups in total. The highest BCUT2D eigenvalue weighted by molar-refractivity contribution is 6.71. The highest BCUT2D eigenvalue weighted by atomic mass is 28.4. The van der Waals surface area contributed by atoms with Gasteiger partial charge in [-0.15, -0.1) is 0 Å². The summed E-state index contributed by atoms with van der Waals surface area (Å²) in [6, 6.07) is 0. The van der Waals surface area contributed by atoms with Gasteiger partial charge in [0, 0.05) is 0 Å². The SMILES string of the molecule is C[Si](C)(C)OC(=O)c1ncc([N+](=O)[O-])cn1. The molecular weight excluding hydrogens is 230 g/mol. The number of rotatable bonds is 3. The molecule has 1 heterocycles. The van der Waals surface area contributed by atoms with E-state index in [4.69, 9.17) is 4.43 Å². The molecule has 0 aliphatic carbocycles. The van der Waals surface area contributed by atoms with E-state index in [9.17, 15) is 14.9 Å². The molecule has 0 aliphatic rings. The summed E-state index contributed by atoms with van der Waals surface area (Å²) in [7, 11) is -2.00. The van der Waals surface area contributed by atoms with Gasteiger partial charge in [0.2, 0.25) is 14.1 Å². The first kappa shape index (κ1) is 12.2. The van der Waals surface area contributed by atoms with Crippen LogP contribution in [0.25, 0.3) is 0 Å². The van der Waals surface area contributed by atoms with Gasteiger partial charge in [-0.3, -0.25) is 10.1 Å². The van der Waals surface area contributed by atoms with Crippen molar-refractivity contribution >= 4 is 20.0 Å². The Morgan fingerprint density at radius 3 is 2.25 bits per heavy atom. The molecular formula is C8H11N3O4Si. The lowest BCUT2D eigenvalue weighted by Gasteiger charge is -2.15. The predicted octanol–water partition coefficient (Wildman–Crippen LogP) is 1.38. The zero-order valence-corrected chi connectivity index (χ0v) is 10.1. The maximum Gasteiger partial charge on any atom is 0.363 e. The molecule has 1 rings (SSSR count). The van der Waals surface area contributed by atoms with Crippen molar-refractivity contribution in [2.75, 3.05) is 0 Å². The van der Waals surface area contributed by atoms with Crippen LogP contribution in [0.2, 0.25) is 19.6 Å². The van der Waals surface area contributed by atoms with E-state index >= 15 is 0 Å². The largest absolute Gasteiger partial charge is 0.514 e. The number of carbonyl (C=O) groups excluding carboxylic acids is 1. The quantitative estimate of drug-likeness (QED) is 0.450. The van der Waals surface area contributed by atoms with Crippen molar-refractivity contribution in [2.45, 2.75) is 19.6 Å². The van der Waals surface area contributed by atoms with Gasteiger partial charge in [-0.1, -0.05) is 0 Å². The molecule has 0 unspecified atom stereocenters. The van der Waals surface area contributed by atoms with E-state index in [0.717, 1.165) is 12.4 Å². The Morgan fingerprint density at radius 2 is 1.88 bits per heavy atom. The fraction of sp³-hybridized carbons (Fsp3) is 0.375. The maximum atomic E-state index is 11.5. The Balaban J connectivity index is 2.82. The van der Waals surface area contributed by atoms with Crippen LogP contribution in [0, 0.1) is 10.1 Å². The summed E-state index contributed by atoms with van der Waals surface area (Å²) in [5.74, 6) is -0.804. The van der Waals surface area contributed by atoms with E-state index in [1.807, 2.05) is 19.6 Å². The van der Waals surface area contributed by atoms with Crippen LogP contribution in [0.3, 0.4) is 0 Å². The predicted molar refractivity (Wildman–Crippen MR) is 57.4 cm³/mol. The van der Waals surface area contributed by atoms with E-state index in [2.05, 4.69) is 9.97 Å². The number of hydrogen-bond donors (Lipinski definition) is 0. The summed E-state index contributed by atoms with van der Waals surface area (Å²) in [6.45, 7) is 5.53. The fourth-order valence-corrected chi connectivity index (χ4v) is 1.49. The van der Waals surface area contributed by atoms with E-state index in [1.54, 1.807) is 0 Å². The maximum absolute atomic E-state index is 11.5. The molecule has 8 heteroatoms. The molecule has 0 aliphatic heterocycles. The average Bonchev–Trinajstić information content (AvgIpc) is 2.15. The molecule has 0 saturated carbocycles. The molecule has 16 heavy (non-hydrogen) atoms. The Labute approximate surface area is 92.8 Å². The highest BCUT2D eigenvalue weighted by Crippen LogP contribution is 2.09. The summed E-state index contributed by atoms with van der Waals surface area (Å²) in [4.78, 5) is 28.3. The van der Waals surface area contributed by atoms with Gasteiger partial charge in [0.15, 0.2) is 0 Å². The second kappa shape index (κ2) is 4.35. The zero-order chi connectivity index (χ0) is 12.3.